The van der Waals surface area contributed by atoms with Crippen LogP contribution in [0.3, 0.4) is 0 Å². The Labute approximate surface area is 134 Å². The van der Waals surface area contributed by atoms with Crippen molar-refractivity contribution in [2.45, 2.75) is 26.4 Å². The van der Waals surface area contributed by atoms with E-state index in [0.29, 0.717) is 6.54 Å². The van der Waals surface area contributed by atoms with Gasteiger partial charge < -0.3 is 20.3 Å². The predicted octanol–water partition coefficient (Wildman–Crippen LogP) is 1.71. The lowest BCUT2D eigenvalue weighted by atomic mass is 10.1. The lowest BCUT2D eigenvalue weighted by Gasteiger charge is -2.13. The van der Waals surface area contributed by atoms with Gasteiger partial charge in [0.2, 0.25) is 0 Å². The highest BCUT2D eigenvalue weighted by atomic mass is 16.3. The van der Waals surface area contributed by atoms with E-state index in [0.717, 1.165) is 11.1 Å². The molecule has 3 N–H and O–H groups in total. The molecule has 0 aliphatic carbocycles. The molecule has 2 rings (SSSR count). The van der Waals surface area contributed by atoms with Crippen LogP contribution in [-0.4, -0.2) is 28.4 Å². The van der Waals surface area contributed by atoms with Crippen LogP contribution in [0.15, 0.2) is 47.4 Å². The van der Waals surface area contributed by atoms with Crippen LogP contribution in [0.25, 0.3) is 0 Å². The smallest absolute Gasteiger partial charge is 0.319 e. The number of anilines is 1. The summed E-state index contributed by atoms with van der Waals surface area (Å²) in [6, 6.07) is 10.3. The molecule has 122 valence electrons. The van der Waals surface area contributed by atoms with Crippen molar-refractivity contribution in [3.05, 3.63) is 64.1 Å². The molecular weight excluding hydrogens is 294 g/mol. The van der Waals surface area contributed by atoms with Gasteiger partial charge in [0.15, 0.2) is 0 Å². The van der Waals surface area contributed by atoms with Crippen LogP contribution in [0.5, 0.6) is 0 Å². The van der Waals surface area contributed by atoms with E-state index >= 15 is 0 Å². The first-order valence-electron chi connectivity index (χ1n) is 7.43. The van der Waals surface area contributed by atoms with E-state index < -0.39 is 6.03 Å². The van der Waals surface area contributed by atoms with Crippen molar-refractivity contribution >= 4 is 11.7 Å². The minimum absolute atomic E-state index is 0.167. The summed E-state index contributed by atoms with van der Waals surface area (Å²) in [6.45, 7) is 3.94. The number of nitrogens with zero attached hydrogens (tertiary/aromatic N) is 1. The molecule has 1 aromatic carbocycles. The van der Waals surface area contributed by atoms with Crippen LogP contribution in [0.1, 0.15) is 18.1 Å². The summed E-state index contributed by atoms with van der Waals surface area (Å²) in [5.41, 5.74) is 2.08. The molecule has 0 radical (unpaired) electrons. The normalized spacial score (nSPS) is 11.8. The zero-order valence-electron chi connectivity index (χ0n) is 13.2. The predicted molar refractivity (Wildman–Crippen MR) is 89.7 cm³/mol. The molecule has 0 spiro atoms. The van der Waals surface area contributed by atoms with Gasteiger partial charge in [-0.3, -0.25) is 4.79 Å². The van der Waals surface area contributed by atoms with Crippen LogP contribution in [0.2, 0.25) is 0 Å². The van der Waals surface area contributed by atoms with Crippen LogP contribution in [0.4, 0.5) is 10.5 Å². The van der Waals surface area contributed by atoms with Gasteiger partial charge in [-0.25, -0.2) is 4.79 Å². The van der Waals surface area contributed by atoms with Gasteiger partial charge in [-0.15, -0.1) is 0 Å². The topological polar surface area (TPSA) is 83.4 Å². The highest BCUT2D eigenvalue weighted by Crippen LogP contribution is 2.06. The third kappa shape index (κ3) is 4.69. The second-order valence-corrected chi connectivity index (χ2v) is 5.52. The Balaban J connectivity index is 2.13. The van der Waals surface area contributed by atoms with Gasteiger partial charge in [-0.1, -0.05) is 29.8 Å². The number of amides is 2. The largest absolute Gasteiger partial charge is 0.394 e. The molecule has 6 nitrogen and oxygen atoms in total. The molecule has 2 amide bonds. The summed E-state index contributed by atoms with van der Waals surface area (Å²) in [5, 5.41) is 14.0. The minimum atomic E-state index is -0.517. The van der Waals surface area contributed by atoms with E-state index in [4.69, 9.17) is 5.11 Å². The van der Waals surface area contributed by atoms with E-state index in [1.54, 1.807) is 25.3 Å². The Morgan fingerprint density at radius 3 is 2.61 bits per heavy atom. The summed E-state index contributed by atoms with van der Waals surface area (Å²) in [5.74, 6) is 0. The summed E-state index contributed by atoms with van der Waals surface area (Å²) in [6.07, 6.45) is 1.68. The van der Waals surface area contributed by atoms with E-state index in [2.05, 4.69) is 10.6 Å². The Morgan fingerprint density at radius 1 is 1.26 bits per heavy atom. The maximum Gasteiger partial charge on any atom is 0.319 e. The van der Waals surface area contributed by atoms with Crippen LogP contribution in [0, 0.1) is 6.92 Å². The van der Waals surface area contributed by atoms with Crippen LogP contribution < -0.4 is 16.2 Å². The molecular formula is C17H21N3O3. The molecule has 23 heavy (non-hydrogen) atoms. The van der Waals surface area contributed by atoms with Gasteiger partial charge in [0.05, 0.1) is 19.2 Å². The molecule has 0 saturated carbocycles. The van der Waals surface area contributed by atoms with Crippen LogP contribution in [-0.2, 0) is 6.54 Å². The number of aromatic nitrogens is 1. The fourth-order valence-electron chi connectivity index (χ4n) is 2.07. The molecule has 0 aliphatic heterocycles. The van der Waals surface area contributed by atoms with Gasteiger partial charge >= 0.3 is 6.03 Å². The number of pyridine rings is 1. The number of carbonyl (C=O) groups excluding carboxylic acids is 1. The van der Waals surface area contributed by atoms with E-state index in [1.165, 1.54) is 4.57 Å². The molecule has 0 fully saturated rings. The van der Waals surface area contributed by atoms with Crippen molar-refractivity contribution in [1.82, 2.24) is 9.88 Å². The molecule has 2 aromatic rings. The van der Waals surface area contributed by atoms with Crippen molar-refractivity contribution in [2.24, 2.45) is 0 Å². The Hall–Kier alpha value is -2.60. The summed E-state index contributed by atoms with van der Waals surface area (Å²) in [7, 11) is 0. The third-order valence-electron chi connectivity index (χ3n) is 3.39. The average molecular weight is 315 g/mol. The first-order valence-corrected chi connectivity index (χ1v) is 7.43. The second-order valence-electron chi connectivity index (χ2n) is 5.52. The van der Waals surface area contributed by atoms with Gasteiger partial charge in [0.1, 0.15) is 5.69 Å². The lowest BCUT2D eigenvalue weighted by molar-refractivity contribution is 0.229. The van der Waals surface area contributed by atoms with Crippen molar-refractivity contribution < 1.29 is 9.90 Å². The number of aliphatic hydroxyl groups is 1. The Bertz CT molecular complexity index is 723. The molecule has 0 saturated heterocycles. The third-order valence-corrected chi connectivity index (χ3v) is 3.39. The quantitative estimate of drug-likeness (QED) is 0.785. The number of hydrogen-bond acceptors (Lipinski definition) is 3. The second kappa shape index (κ2) is 7.60. The number of aryl methyl sites for hydroxylation is 1. The van der Waals surface area contributed by atoms with Crippen molar-refractivity contribution in [3.63, 3.8) is 0 Å². The zero-order valence-corrected chi connectivity index (χ0v) is 13.2. The van der Waals surface area contributed by atoms with Crippen LogP contribution >= 0.6 is 0 Å². The Kier molecular flexibility index (Phi) is 5.54. The summed E-state index contributed by atoms with van der Waals surface area (Å²) in [4.78, 5) is 24.2. The number of benzene rings is 1. The summed E-state index contributed by atoms with van der Waals surface area (Å²) < 4.78 is 1.54. The number of nitrogens with one attached hydrogen (secondary N) is 2. The standard InChI is InChI=1S/C17H21N3O3/c1-12-5-7-14(8-6-12)10-20-9-3-4-15(16(20)22)19-17(23)18-13(2)11-21/h3-9,13,21H,10-11H2,1-2H3,(H2,18,19,23). The fourth-order valence-corrected chi connectivity index (χ4v) is 2.07. The highest BCUT2D eigenvalue weighted by Gasteiger charge is 2.09. The van der Waals surface area contributed by atoms with Gasteiger partial charge in [0, 0.05) is 6.20 Å². The van der Waals surface area contributed by atoms with E-state index in [-0.39, 0.29) is 23.9 Å². The van der Waals surface area contributed by atoms with Crippen molar-refractivity contribution in [3.8, 4) is 0 Å². The van der Waals surface area contributed by atoms with Crippen molar-refractivity contribution in [2.75, 3.05) is 11.9 Å². The maximum absolute atomic E-state index is 12.4. The maximum atomic E-state index is 12.4. The van der Waals surface area contributed by atoms with Crippen molar-refractivity contribution in [1.29, 1.82) is 0 Å². The first kappa shape index (κ1) is 16.8. The fraction of sp³-hybridized carbons (Fsp3) is 0.294. The number of rotatable bonds is 5. The lowest BCUT2D eigenvalue weighted by Crippen LogP contribution is -2.39. The zero-order chi connectivity index (χ0) is 16.8. The molecule has 1 unspecified atom stereocenters. The molecule has 1 heterocycles. The highest BCUT2D eigenvalue weighted by molar-refractivity contribution is 5.89. The number of urea groups is 1. The first-order chi connectivity index (χ1) is 11.0. The molecule has 6 heteroatoms. The summed E-state index contributed by atoms with van der Waals surface area (Å²) >= 11 is 0. The monoisotopic (exact) mass is 315 g/mol. The molecule has 0 bridgehead atoms. The van der Waals surface area contributed by atoms with Gasteiger partial charge in [-0.05, 0) is 31.5 Å². The minimum Gasteiger partial charge on any atom is -0.394 e. The number of carbonyl (C=O) groups is 1. The average Bonchev–Trinajstić information content (AvgIpc) is 2.53. The molecule has 1 aromatic heterocycles. The SMILES string of the molecule is Cc1ccc(Cn2cccc(NC(=O)NC(C)CO)c2=O)cc1. The molecule has 0 aliphatic rings. The number of hydrogen-bond donors (Lipinski definition) is 3. The Morgan fingerprint density at radius 2 is 1.96 bits per heavy atom. The van der Waals surface area contributed by atoms with Gasteiger partial charge in [0.25, 0.3) is 5.56 Å². The van der Waals surface area contributed by atoms with E-state index in [1.807, 2.05) is 31.2 Å². The number of aliphatic hydroxyl groups excluding tert-OH is 1. The van der Waals surface area contributed by atoms with Gasteiger partial charge in [-0.2, -0.15) is 0 Å². The van der Waals surface area contributed by atoms with E-state index in [9.17, 15) is 9.59 Å². The molecule has 1 atom stereocenters.